The van der Waals surface area contributed by atoms with Crippen LogP contribution in [-0.2, 0) is 17.7 Å². The monoisotopic (exact) mass is 537 g/mol. The molecule has 3 aromatic rings. The van der Waals surface area contributed by atoms with Crippen LogP contribution in [0.25, 0.3) is 11.1 Å². The molecule has 0 atom stereocenters. The van der Waals surface area contributed by atoms with Crippen LogP contribution >= 0.6 is 0 Å². The molecule has 39 heavy (non-hydrogen) atoms. The third kappa shape index (κ3) is 8.03. The molecule has 0 aliphatic heterocycles. The number of nitrogens with one attached hydrogen (secondary N) is 3. The van der Waals surface area contributed by atoms with Crippen molar-refractivity contribution in [2.24, 2.45) is 5.92 Å². The number of amides is 3. The number of nitrogens with zero attached hydrogens (tertiary/aromatic N) is 2. The average molecular weight is 538 g/mol. The fourth-order valence-corrected chi connectivity index (χ4v) is 3.89. The van der Waals surface area contributed by atoms with Gasteiger partial charge in [0.05, 0.1) is 11.4 Å². The number of hydrogen-bond acceptors (Lipinski definition) is 7. The number of carboxylic acid groups (broad SMARTS) is 1. The lowest BCUT2D eigenvalue weighted by molar-refractivity contribution is 0.0522. The van der Waals surface area contributed by atoms with Gasteiger partial charge in [-0.3, -0.25) is 10.3 Å². The maximum Gasteiger partial charge on any atom is 0.407 e. The Morgan fingerprint density at radius 3 is 2.28 bits per heavy atom. The highest BCUT2D eigenvalue weighted by molar-refractivity contribution is 6.02. The number of benzene rings is 1. The smallest absolute Gasteiger partial charge is 0.407 e. The third-order valence-electron chi connectivity index (χ3n) is 5.50. The van der Waals surface area contributed by atoms with Gasteiger partial charge in [-0.25, -0.2) is 14.4 Å². The van der Waals surface area contributed by atoms with Crippen molar-refractivity contribution in [3.8, 4) is 11.1 Å². The third-order valence-corrected chi connectivity index (χ3v) is 5.50. The summed E-state index contributed by atoms with van der Waals surface area (Å²) in [6, 6.07) is 6.84. The van der Waals surface area contributed by atoms with E-state index in [2.05, 4.69) is 34.8 Å². The number of hydrogen-bond donors (Lipinski definition) is 4. The number of anilines is 2. The zero-order valence-corrected chi connectivity index (χ0v) is 23.3. The van der Waals surface area contributed by atoms with Crippen molar-refractivity contribution in [2.45, 2.75) is 67.0 Å². The number of aryl methyl sites for hydroxylation is 2. The molecule has 4 N–H and O–H groups in total. The fraction of sp³-hybridized carbons (Fsp3) is 0.393. The van der Waals surface area contributed by atoms with Gasteiger partial charge in [-0.1, -0.05) is 43.7 Å². The van der Waals surface area contributed by atoms with Gasteiger partial charge in [0, 0.05) is 23.4 Å². The van der Waals surface area contributed by atoms with Gasteiger partial charge >= 0.3 is 24.1 Å². The van der Waals surface area contributed by atoms with Crippen LogP contribution < -0.4 is 16.0 Å². The molecule has 1 aromatic carbocycles. The van der Waals surface area contributed by atoms with E-state index in [1.807, 2.05) is 31.2 Å². The van der Waals surface area contributed by atoms with Crippen LogP contribution in [0.1, 0.15) is 67.6 Å². The SMILES string of the molecule is Cc1ccc(-c2c(CNC(=O)OC(C)(C)C)c(CC(C)C)nc(C)c2NC(=O)Nc2nc(C(=O)O)co2)cc1. The van der Waals surface area contributed by atoms with Gasteiger partial charge in [0.1, 0.15) is 11.9 Å². The summed E-state index contributed by atoms with van der Waals surface area (Å²) < 4.78 is 10.5. The molecule has 11 nitrogen and oxygen atoms in total. The van der Waals surface area contributed by atoms with E-state index in [4.69, 9.17) is 19.2 Å². The highest BCUT2D eigenvalue weighted by Crippen LogP contribution is 2.36. The first-order chi connectivity index (χ1) is 18.2. The Hall–Kier alpha value is -4.41. The Morgan fingerprint density at radius 1 is 1.05 bits per heavy atom. The van der Waals surface area contributed by atoms with Gasteiger partial charge in [-0.15, -0.1) is 0 Å². The summed E-state index contributed by atoms with van der Waals surface area (Å²) in [7, 11) is 0. The largest absolute Gasteiger partial charge is 0.476 e. The van der Waals surface area contributed by atoms with E-state index in [-0.39, 0.29) is 24.2 Å². The lowest BCUT2D eigenvalue weighted by atomic mass is 9.92. The van der Waals surface area contributed by atoms with Crippen molar-refractivity contribution in [3.05, 3.63) is 58.7 Å². The molecule has 0 saturated carbocycles. The molecule has 0 fully saturated rings. The predicted molar refractivity (Wildman–Crippen MR) is 147 cm³/mol. The van der Waals surface area contributed by atoms with Crippen molar-refractivity contribution < 1.29 is 28.6 Å². The number of pyridine rings is 1. The minimum Gasteiger partial charge on any atom is -0.476 e. The second kappa shape index (κ2) is 12.0. The summed E-state index contributed by atoms with van der Waals surface area (Å²) in [5.41, 5.74) is 4.09. The van der Waals surface area contributed by atoms with E-state index in [1.165, 1.54) is 0 Å². The normalized spacial score (nSPS) is 11.3. The van der Waals surface area contributed by atoms with Crippen LogP contribution in [0.15, 0.2) is 34.9 Å². The van der Waals surface area contributed by atoms with Crippen molar-refractivity contribution in [1.29, 1.82) is 0 Å². The lowest BCUT2D eigenvalue weighted by Crippen LogP contribution is -2.32. The number of alkyl carbamates (subject to hydrolysis) is 1. The number of aromatic nitrogens is 2. The van der Waals surface area contributed by atoms with Crippen LogP contribution in [0.4, 0.5) is 21.3 Å². The summed E-state index contributed by atoms with van der Waals surface area (Å²) in [6.07, 6.45) is 1.01. The van der Waals surface area contributed by atoms with Gasteiger partial charge in [0.15, 0.2) is 5.69 Å². The van der Waals surface area contributed by atoms with E-state index in [0.29, 0.717) is 23.4 Å². The highest BCUT2D eigenvalue weighted by atomic mass is 16.6. The van der Waals surface area contributed by atoms with Crippen molar-refractivity contribution in [2.75, 3.05) is 10.6 Å². The van der Waals surface area contributed by atoms with Gasteiger partial charge in [-0.05, 0) is 52.5 Å². The van der Waals surface area contributed by atoms with Crippen LogP contribution in [0.3, 0.4) is 0 Å². The lowest BCUT2D eigenvalue weighted by Gasteiger charge is -2.23. The van der Waals surface area contributed by atoms with Crippen molar-refractivity contribution >= 4 is 29.8 Å². The quantitative estimate of drug-likeness (QED) is 0.276. The van der Waals surface area contributed by atoms with Crippen molar-refractivity contribution in [1.82, 2.24) is 15.3 Å². The average Bonchev–Trinajstić information content (AvgIpc) is 3.27. The van der Waals surface area contributed by atoms with Crippen LogP contribution in [0.5, 0.6) is 0 Å². The number of urea groups is 1. The number of oxazole rings is 1. The van der Waals surface area contributed by atoms with E-state index < -0.39 is 23.7 Å². The van der Waals surface area contributed by atoms with Crippen LogP contribution in [0, 0.1) is 19.8 Å². The Morgan fingerprint density at radius 2 is 1.72 bits per heavy atom. The molecule has 0 spiro atoms. The molecule has 11 heteroatoms. The molecule has 0 aliphatic rings. The zero-order valence-electron chi connectivity index (χ0n) is 23.3. The molecular formula is C28H35N5O6. The molecule has 3 amide bonds. The van der Waals surface area contributed by atoms with Crippen LogP contribution in [-0.4, -0.2) is 38.8 Å². The van der Waals surface area contributed by atoms with Gasteiger partial charge < -0.3 is 24.9 Å². The molecule has 0 bridgehead atoms. The van der Waals surface area contributed by atoms with E-state index in [0.717, 1.165) is 28.6 Å². The fourth-order valence-electron chi connectivity index (χ4n) is 3.89. The molecule has 0 radical (unpaired) electrons. The molecule has 0 unspecified atom stereocenters. The number of rotatable bonds is 8. The predicted octanol–water partition coefficient (Wildman–Crippen LogP) is 5.92. The van der Waals surface area contributed by atoms with Crippen LogP contribution in [0.2, 0.25) is 0 Å². The number of carbonyl (C=O) groups is 3. The summed E-state index contributed by atoms with van der Waals surface area (Å²) in [6.45, 7) is 13.4. The minimum atomic E-state index is -1.28. The van der Waals surface area contributed by atoms with E-state index in [1.54, 1.807) is 27.7 Å². The van der Waals surface area contributed by atoms with Gasteiger partial charge in [-0.2, -0.15) is 4.98 Å². The van der Waals surface area contributed by atoms with E-state index >= 15 is 0 Å². The molecular weight excluding hydrogens is 502 g/mol. The molecule has 2 heterocycles. The summed E-state index contributed by atoms with van der Waals surface area (Å²) in [4.78, 5) is 45.1. The first-order valence-corrected chi connectivity index (χ1v) is 12.6. The summed E-state index contributed by atoms with van der Waals surface area (Å²) in [5, 5.41) is 17.1. The summed E-state index contributed by atoms with van der Waals surface area (Å²) >= 11 is 0. The molecule has 0 saturated heterocycles. The zero-order chi connectivity index (χ0) is 28.9. The first kappa shape index (κ1) is 29.2. The second-order valence-corrected chi connectivity index (χ2v) is 10.6. The number of aromatic carboxylic acids is 1. The standard InChI is InChI=1S/C28H35N5O6/c1-15(2)12-20-19(13-29-27(37)39-28(5,6)7)22(18-10-8-16(3)9-11-18)23(17(4)30-20)32-25(36)33-26-31-21(14-38-26)24(34)35/h8-11,14-15H,12-13H2,1-7H3,(H,29,37)(H,34,35)(H2,31,32,33,36). The first-order valence-electron chi connectivity index (χ1n) is 12.6. The highest BCUT2D eigenvalue weighted by Gasteiger charge is 2.24. The Kier molecular flexibility index (Phi) is 8.95. The van der Waals surface area contributed by atoms with Crippen molar-refractivity contribution in [3.63, 3.8) is 0 Å². The molecule has 0 aliphatic carbocycles. The Bertz CT molecular complexity index is 1360. The van der Waals surface area contributed by atoms with E-state index in [9.17, 15) is 14.4 Å². The number of carboxylic acids is 1. The second-order valence-electron chi connectivity index (χ2n) is 10.6. The minimum absolute atomic E-state index is 0.117. The number of ether oxygens (including phenoxy) is 1. The molecule has 3 rings (SSSR count). The summed E-state index contributed by atoms with van der Waals surface area (Å²) in [5.74, 6) is -1.00. The maximum absolute atomic E-state index is 13.0. The Labute approximate surface area is 227 Å². The molecule has 2 aromatic heterocycles. The Balaban J connectivity index is 2.07. The number of carbonyl (C=O) groups excluding carboxylic acids is 2. The maximum atomic E-state index is 13.0. The molecule has 208 valence electrons. The topological polar surface area (TPSA) is 156 Å². The van der Waals surface area contributed by atoms with Gasteiger partial charge in [0.25, 0.3) is 0 Å². The van der Waals surface area contributed by atoms with Gasteiger partial charge in [0.2, 0.25) is 0 Å².